The Morgan fingerprint density at radius 2 is 1.79 bits per heavy atom. The van der Waals surface area contributed by atoms with E-state index >= 15 is 0 Å². The Kier molecular flexibility index (Phi) is 4.81. The molecule has 0 fully saturated rings. The minimum atomic E-state index is -0.139. The Labute approximate surface area is 163 Å². The van der Waals surface area contributed by atoms with Crippen LogP contribution in [0.5, 0.6) is 0 Å². The highest BCUT2D eigenvalue weighted by Gasteiger charge is 2.15. The molecule has 1 unspecified atom stereocenters. The third kappa shape index (κ3) is 3.60. The minimum absolute atomic E-state index is 0.126. The van der Waals surface area contributed by atoms with Gasteiger partial charge in [-0.15, -0.1) is 0 Å². The van der Waals surface area contributed by atoms with Crippen molar-refractivity contribution < 1.29 is 4.79 Å². The maximum absolute atomic E-state index is 12.8. The molecule has 1 aromatic carbocycles. The molecule has 4 aromatic rings. The third-order valence-electron chi connectivity index (χ3n) is 4.78. The van der Waals surface area contributed by atoms with Gasteiger partial charge in [-0.3, -0.25) is 9.78 Å². The largest absolute Gasteiger partial charge is 0.345 e. The number of amides is 1. The van der Waals surface area contributed by atoms with Gasteiger partial charge in [0.15, 0.2) is 5.65 Å². The predicted molar refractivity (Wildman–Crippen MR) is 110 cm³/mol. The number of aryl methyl sites for hydroxylation is 1. The molecular formula is C23H20N4O. The van der Waals surface area contributed by atoms with Crippen molar-refractivity contribution in [2.75, 3.05) is 0 Å². The van der Waals surface area contributed by atoms with Crippen molar-refractivity contribution in [1.29, 1.82) is 0 Å². The van der Waals surface area contributed by atoms with Crippen molar-refractivity contribution in [3.05, 3.63) is 90.0 Å². The Bertz CT molecular complexity index is 1120. The molecule has 4 rings (SSSR count). The van der Waals surface area contributed by atoms with E-state index < -0.39 is 0 Å². The summed E-state index contributed by atoms with van der Waals surface area (Å²) in [5.74, 6) is -0.139. The summed E-state index contributed by atoms with van der Waals surface area (Å²) in [7, 11) is 0. The van der Waals surface area contributed by atoms with Crippen molar-refractivity contribution >= 4 is 16.9 Å². The maximum atomic E-state index is 12.8. The molecule has 0 radical (unpaired) electrons. The molecule has 5 heteroatoms. The Morgan fingerprint density at radius 3 is 2.54 bits per heavy atom. The average molecular weight is 368 g/mol. The number of hydrogen-bond acceptors (Lipinski definition) is 4. The molecule has 0 aliphatic rings. The topological polar surface area (TPSA) is 67.8 Å². The average Bonchev–Trinajstić information content (AvgIpc) is 2.74. The summed E-state index contributed by atoms with van der Waals surface area (Å²) in [6.07, 6.45) is 5.30. The van der Waals surface area contributed by atoms with E-state index in [4.69, 9.17) is 0 Å². The number of fused-ring (bicyclic) bond motifs is 1. The van der Waals surface area contributed by atoms with E-state index in [1.54, 1.807) is 12.4 Å². The minimum Gasteiger partial charge on any atom is -0.345 e. The first kappa shape index (κ1) is 17.8. The second-order valence-electron chi connectivity index (χ2n) is 6.73. The number of benzene rings is 1. The molecule has 1 atom stereocenters. The number of nitrogens with one attached hydrogen (secondary N) is 1. The fourth-order valence-electron chi connectivity index (χ4n) is 3.18. The van der Waals surface area contributed by atoms with Crippen molar-refractivity contribution in [2.24, 2.45) is 0 Å². The highest BCUT2D eigenvalue weighted by Crippen LogP contribution is 2.22. The maximum Gasteiger partial charge on any atom is 0.253 e. The molecule has 0 aliphatic carbocycles. The first-order valence-corrected chi connectivity index (χ1v) is 9.15. The van der Waals surface area contributed by atoms with E-state index in [1.165, 1.54) is 0 Å². The van der Waals surface area contributed by atoms with Crippen LogP contribution in [0.15, 0.2) is 73.2 Å². The molecule has 1 N–H and O–H groups in total. The van der Waals surface area contributed by atoms with Gasteiger partial charge in [0.25, 0.3) is 5.91 Å². The Balaban J connectivity index is 1.52. The molecule has 28 heavy (non-hydrogen) atoms. The van der Waals surface area contributed by atoms with E-state index in [9.17, 15) is 4.79 Å². The van der Waals surface area contributed by atoms with Crippen LogP contribution in [0.1, 0.15) is 34.6 Å². The molecule has 3 heterocycles. The first-order valence-electron chi connectivity index (χ1n) is 9.15. The molecule has 0 spiro atoms. The standard InChI is InChI=1S/C23H20N4O/c1-15(17-7-9-18(10-8-17)20-6-3-11-24-14-20)27-23(28)21-13-19-5-4-12-25-22(19)26-16(21)2/h3-15H,1-2H3,(H,27,28). The number of hydrogen-bond donors (Lipinski definition) is 1. The molecule has 0 bridgehead atoms. The van der Waals surface area contributed by atoms with Crippen molar-refractivity contribution in [1.82, 2.24) is 20.3 Å². The van der Waals surface area contributed by atoms with Crippen molar-refractivity contribution in [3.8, 4) is 11.1 Å². The SMILES string of the molecule is Cc1nc2ncccc2cc1C(=O)NC(C)c1ccc(-c2cccnc2)cc1. The van der Waals surface area contributed by atoms with Crippen LogP contribution in [-0.2, 0) is 0 Å². The van der Waals surface area contributed by atoms with Crippen molar-refractivity contribution in [3.63, 3.8) is 0 Å². The quantitative estimate of drug-likeness (QED) is 0.576. The fraction of sp³-hybridized carbons (Fsp3) is 0.130. The second kappa shape index (κ2) is 7.56. The lowest BCUT2D eigenvalue weighted by Crippen LogP contribution is -2.27. The molecule has 0 saturated carbocycles. The lowest BCUT2D eigenvalue weighted by Gasteiger charge is -2.16. The smallest absolute Gasteiger partial charge is 0.253 e. The highest BCUT2D eigenvalue weighted by molar-refractivity contribution is 5.98. The summed E-state index contributed by atoms with van der Waals surface area (Å²) < 4.78 is 0. The zero-order valence-corrected chi connectivity index (χ0v) is 15.8. The summed E-state index contributed by atoms with van der Waals surface area (Å²) in [6, 6.07) is 17.6. The van der Waals surface area contributed by atoms with E-state index in [-0.39, 0.29) is 11.9 Å². The van der Waals surface area contributed by atoms with Crippen LogP contribution >= 0.6 is 0 Å². The number of pyridine rings is 3. The third-order valence-corrected chi connectivity index (χ3v) is 4.78. The number of carbonyl (C=O) groups excluding carboxylic acids is 1. The normalized spacial score (nSPS) is 11.9. The molecule has 138 valence electrons. The highest BCUT2D eigenvalue weighted by atomic mass is 16.1. The molecular weight excluding hydrogens is 348 g/mol. The summed E-state index contributed by atoms with van der Waals surface area (Å²) >= 11 is 0. The van der Waals surface area contributed by atoms with Gasteiger partial charge in [-0.2, -0.15) is 0 Å². The Morgan fingerprint density at radius 1 is 1.00 bits per heavy atom. The van der Waals surface area contributed by atoms with Gasteiger partial charge in [-0.05, 0) is 54.8 Å². The van der Waals surface area contributed by atoms with Gasteiger partial charge in [-0.25, -0.2) is 9.97 Å². The lowest BCUT2D eigenvalue weighted by atomic mass is 10.0. The van der Waals surface area contributed by atoms with Crippen LogP contribution < -0.4 is 5.32 Å². The van der Waals surface area contributed by atoms with Gasteiger partial charge >= 0.3 is 0 Å². The van der Waals surface area contributed by atoms with Crippen LogP contribution in [0.25, 0.3) is 22.2 Å². The van der Waals surface area contributed by atoms with Crippen LogP contribution in [0.4, 0.5) is 0 Å². The zero-order chi connectivity index (χ0) is 19.5. The Hall–Kier alpha value is -3.60. The zero-order valence-electron chi connectivity index (χ0n) is 15.8. The van der Waals surface area contributed by atoms with Crippen LogP contribution in [0.3, 0.4) is 0 Å². The fourth-order valence-corrected chi connectivity index (χ4v) is 3.18. The van der Waals surface area contributed by atoms with Crippen LogP contribution in [0, 0.1) is 6.92 Å². The second-order valence-corrected chi connectivity index (χ2v) is 6.73. The molecule has 5 nitrogen and oxygen atoms in total. The van der Waals surface area contributed by atoms with Gasteiger partial charge in [-0.1, -0.05) is 30.3 Å². The van der Waals surface area contributed by atoms with Crippen LogP contribution in [-0.4, -0.2) is 20.9 Å². The van der Waals surface area contributed by atoms with E-state index in [1.807, 2.05) is 74.6 Å². The molecule has 3 aromatic heterocycles. The number of aromatic nitrogens is 3. The molecule has 0 saturated heterocycles. The van der Waals surface area contributed by atoms with Gasteiger partial charge in [0, 0.05) is 24.0 Å². The monoisotopic (exact) mass is 368 g/mol. The van der Waals surface area contributed by atoms with E-state index in [2.05, 4.69) is 20.3 Å². The molecule has 1 amide bonds. The number of rotatable bonds is 4. The van der Waals surface area contributed by atoms with Gasteiger partial charge < -0.3 is 5.32 Å². The van der Waals surface area contributed by atoms with E-state index in [0.29, 0.717) is 16.9 Å². The number of carbonyl (C=O) groups is 1. The number of nitrogens with zero attached hydrogens (tertiary/aromatic N) is 3. The summed E-state index contributed by atoms with van der Waals surface area (Å²) in [6.45, 7) is 3.80. The van der Waals surface area contributed by atoms with E-state index in [0.717, 1.165) is 22.1 Å². The van der Waals surface area contributed by atoms with Crippen molar-refractivity contribution in [2.45, 2.75) is 19.9 Å². The predicted octanol–water partition coefficient (Wildman–Crippen LogP) is 4.49. The lowest BCUT2D eigenvalue weighted by molar-refractivity contribution is 0.0939. The summed E-state index contributed by atoms with van der Waals surface area (Å²) in [5.41, 5.74) is 5.08. The van der Waals surface area contributed by atoms with Crippen LogP contribution in [0.2, 0.25) is 0 Å². The first-order chi connectivity index (χ1) is 13.6. The summed E-state index contributed by atoms with van der Waals surface area (Å²) in [4.78, 5) is 25.6. The van der Waals surface area contributed by atoms with Gasteiger partial charge in [0.2, 0.25) is 0 Å². The van der Waals surface area contributed by atoms with Gasteiger partial charge in [0.1, 0.15) is 0 Å². The molecule has 0 aliphatic heterocycles. The summed E-state index contributed by atoms with van der Waals surface area (Å²) in [5, 5.41) is 3.92. The van der Waals surface area contributed by atoms with Gasteiger partial charge in [0.05, 0.1) is 17.3 Å².